The van der Waals surface area contributed by atoms with Crippen LogP contribution in [0.3, 0.4) is 0 Å². The molecule has 1 aromatic rings. The number of nitrogens with one attached hydrogen (secondary N) is 1. The number of nitriles is 1. The number of hydrogen-bond donors (Lipinski definition) is 1. The number of benzene rings is 1. The van der Waals surface area contributed by atoms with Crippen molar-refractivity contribution >= 4 is 11.6 Å². The van der Waals surface area contributed by atoms with Gasteiger partial charge in [0.25, 0.3) is 5.91 Å². The van der Waals surface area contributed by atoms with Crippen LogP contribution >= 0.6 is 0 Å². The molecule has 1 amide bonds. The second-order valence-electron chi connectivity index (χ2n) is 5.20. The lowest BCUT2D eigenvalue weighted by Gasteiger charge is -2.14. The minimum Gasteiger partial charge on any atom is -0.369 e. The Labute approximate surface area is 120 Å². The monoisotopic (exact) mass is 274 g/mol. The number of hydrogen-bond acceptors (Lipinski definition) is 3. The molecule has 0 spiro atoms. The lowest BCUT2D eigenvalue weighted by Crippen LogP contribution is -2.28. The molecule has 0 aliphatic carbocycles. The van der Waals surface area contributed by atoms with Crippen LogP contribution in [-0.2, 0) is 9.53 Å². The van der Waals surface area contributed by atoms with Crippen LogP contribution in [0.5, 0.6) is 0 Å². The predicted octanol–water partition coefficient (Wildman–Crippen LogP) is 3.34. The number of anilines is 1. The second kappa shape index (κ2) is 8.34. The summed E-state index contributed by atoms with van der Waals surface area (Å²) >= 11 is 0. The number of amides is 1. The summed E-state index contributed by atoms with van der Waals surface area (Å²) in [6.45, 7) is 6.62. The van der Waals surface area contributed by atoms with Gasteiger partial charge in [-0.25, -0.2) is 0 Å². The Kier molecular flexibility index (Phi) is 6.75. The van der Waals surface area contributed by atoms with Crippen LogP contribution < -0.4 is 5.32 Å². The molecule has 1 N–H and O–H groups in total. The van der Waals surface area contributed by atoms with Crippen LogP contribution in [0.4, 0.5) is 5.69 Å². The summed E-state index contributed by atoms with van der Waals surface area (Å²) in [4.78, 5) is 12.0. The van der Waals surface area contributed by atoms with E-state index in [0.717, 1.165) is 12.8 Å². The summed E-state index contributed by atoms with van der Waals surface area (Å²) in [5.74, 6) is 0.419. The Bertz CT molecular complexity index is 478. The molecule has 0 aliphatic heterocycles. The Morgan fingerprint density at radius 2 is 2.05 bits per heavy atom. The molecule has 4 nitrogen and oxygen atoms in total. The molecule has 1 aromatic carbocycles. The second-order valence-corrected chi connectivity index (χ2v) is 5.20. The zero-order valence-corrected chi connectivity index (χ0v) is 12.3. The third-order valence-corrected chi connectivity index (χ3v) is 2.97. The van der Waals surface area contributed by atoms with Crippen LogP contribution in [0.1, 0.15) is 39.2 Å². The van der Waals surface area contributed by atoms with E-state index in [2.05, 4.69) is 19.2 Å². The van der Waals surface area contributed by atoms with Gasteiger partial charge in [0, 0.05) is 6.61 Å². The third kappa shape index (κ3) is 5.41. The van der Waals surface area contributed by atoms with Crippen molar-refractivity contribution in [3.8, 4) is 6.07 Å². The summed E-state index contributed by atoms with van der Waals surface area (Å²) < 4.78 is 5.50. The highest BCUT2D eigenvalue weighted by Crippen LogP contribution is 2.14. The van der Waals surface area contributed by atoms with E-state index in [1.165, 1.54) is 0 Å². The van der Waals surface area contributed by atoms with Gasteiger partial charge in [0.15, 0.2) is 0 Å². The first-order valence-electron chi connectivity index (χ1n) is 6.96. The summed E-state index contributed by atoms with van der Waals surface area (Å²) in [7, 11) is 0. The van der Waals surface area contributed by atoms with Crippen molar-refractivity contribution in [2.24, 2.45) is 5.92 Å². The number of nitrogens with zero attached hydrogens (tertiary/aromatic N) is 1. The molecule has 0 heterocycles. The maximum atomic E-state index is 12.0. The van der Waals surface area contributed by atoms with E-state index in [9.17, 15) is 4.79 Å². The molecule has 0 fully saturated rings. The zero-order chi connectivity index (χ0) is 15.0. The molecule has 0 saturated carbocycles. The van der Waals surface area contributed by atoms with E-state index in [1.807, 2.05) is 6.07 Å². The van der Waals surface area contributed by atoms with Gasteiger partial charge in [-0.2, -0.15) is 5.26 Å². The number of ether oxygens (including phenoxy) is 1. The molecule has 1 unspecified atom stereocenters. The lowest BCUT2D eigenvalue weighted by atomic mass is 10.1. The first-order chi connectivity index (χ1) is 9.54. The smallest absolute Gasteiger partial charge is 0.253 e. The minimum absolute atomic E-state index is 0.225. The van der Waals surface area contributed by atoms with E-state index >= 15 is 0 Å². The molecule has 108 valence electrons. The van der Waals surface area contributed by atoms with Gasteiger partial charge in [0.2, 0.25) is 0 Å². The average molecular weight is 274 g/mol. The molecule has 1 rings (SSSR count). The summed E-state index contributed by atoms with van der Waals surface area (Å²) in [6, 6.07) is 8.98. The average Bonchev–Trinajstić information content (AvgIpc) is 2.43. The molecule has 0 radical (unpaired) electrons. The molecule has 0 saturated heterocycles. The summed E-state index contributed by atoms with van der Waals surface area (Å²) in [6.07, 6.45) is 1.52. The fourth-order valence-electron chi connectivity index (χ4n) is 1.75. The molecule has 0 bridgehead atoms. The Hall–Kier alpha value is -1.86. The van der Waals surface area contributed by atoms with Crippen molar-refractivity contribution in [1.29, 1.82) is 5.26 Å². The van der Waals surface area contributed by atoms with E-state index in [4.69, 9.17) is 10.00 Å². The normalized spacial score (nSPS) is 11.9. The highest BCUT2D eigenvalue weighted by atomic mass is 16.5. The molecule has 0 aromatic heterocycles. The van der Waals surface area contributed by atoms with Crippen molar-refractivity contribution in [2.45, 2.75) is 39.7 Å². The van der Waals surface area contributed by atoms with Crippen LogP contribution in [0, 0.1) is 17.2 Å². The SMILES string of the molecule is CC(C)CCCOC(C)C(=O)Nc1ccccc1C#N. The quantitative estimate of drug-likeness (QED) is 0.776. The fraction of sp³-hybridized carbons (Fsp3) is 0.500. The van der Waals surface area contributed by atoms with Crippen molar-refractivity contribution < 1.29 is 9.53 Å². The van der Waals surface area contributed by atoms with Gasteiger partial charge in [-0.1, -0.05) is 26.0 Å². The number of rotatable bonds is 7. The Morgan fingerprint density at radius 1 is 1.35 bits per heavy atom. The zero-order valence-electron chi connectivity index (χ0n) is 12.3. The van der Waals surface area contributed by atoms with Gasteiger partial charge < -0.3 is 10.1 Å². The fourth-order valence-corrected chi connectivity index (χ4v) is 1.75. The van der Waals surface area contributed by atoms with Crippen LogP contribution in [0.25, 0.3) is 0 Å². The van der Waals surface area contributed by atoms with E-state index in [1.54, 1.807) is 31.2 Å². The van der Waals surface area contributed by atoms with Gasteiger partial charge in [-0.15, -0.1) is 0 Å². The van der Waals surface area contributed by atoms with Gasteiger partial charge in [-0.3, -0.25) is 4.79 Å². The van der Waals surface area contributed by atoms with Crippen LogP contribution in [-0.4, -0.2) is 18.6 Å². The third-order valence-electron chi connectivity index (χ3n) is 2.97. The largest absolute Gasteiger partial charge is 0.369 e. The van der Waals surface area contributed by atoms with Gasteiger partial charge >= 0.3 is 0 Å². The maximum Gasteiger partial charge on any atom is 0.253 e. The number of carbonyl (C=O) groups excluding carboxylic acids is 1. The van der Waals surface area contributed by atoms with Gasteiger partial charge in [0.1, 0.15) is 12.2 Å². The Morgan fingerprint density at radius 3 is 2.70 bits per heavy atom. The molecule has 0 aliphatic rings. The van der Waals surface area contributed by atoms with Gasteiger partial charge in [-0.05, 0) is 37.8 Å². The highest BCUT2D eigenvalue weighted by molar-refractivity contribution is 5.95. The highest BCUT2D eigenvalue weighted by Gasteiger charge is 2.14. The Balaban J connectivity index is 2.44. The van der Waals surface area contributed by atoms with Crippen LogP contribution in [0.2, 0.25) is 0 Å². The maximum absolute atomic E-state index is 12.0. The van der Waals surface area contributed by atoms with E-state index < -0.39 is 6.10 Å². The van der Waals surface area contributed by atoms with Crippen LogP contribution in [0.15, 0.2) is 24.3 Å². The number of para-hydroxylation sites is 1. The molecule has 20 heavy (non-hydrogen) atoms. The summed E-state index contributed by atoms with van der Waals surface area (Å²) in [5, 5.41) is 11.7. The molecular weight excluding hydrogens is 252 g/mol. The predicted molar refractivity (Wildman–Crippen MR) is 79.3 cm³/mol. The minimum atomic E-state index is -0.520. The molecular formula is C16H22N2O2. The first-order valence-corrected chi connectivity index (χ1v) is 6.96. The topological polar surface area (TPSA) is 62.1 Å². The standard InChI is InChI=1S/C16H22N2O2/c1-12(2)7-6-10-20-13(3)16(19)18-15-9-5-4-8-14(15)11-17/h4-5,8-9,12-13H,6-7,10H2,1-3H3,(H,18,19). The number of carbonyl (C=O) groups is 1. The van der Waals surface area contributed by atoms with E-state index in [-0.39, 0.29) is 5.91 Å². The van der Waals surface area contributed by atoms with E-state index in [0.29, 0.717) is 23.8 Å². The molecule has 4 heteroatoms. The van der Waals surface area contributed by atoms with Crippen molar-refractivity contribution in [2.75, 3.05) is 11.9 Å². The van der Waals surface area contributed by atoms with Crippen molar-refractivity contribution in [3.63, 3.8) is 0 Å². The molecule has 1 atom stereocenters. The summed E-state index contributed by atoms with van der Waals surface area (Å²) in [5.41, 5.74) is 0.977. The first kappa shape index (κ1) is 16.2. The van der Waals surface area contributed by atoms with Crippen molar-refractivity contribution in [1.82, 2.24) is 0 Å². The van der Waals surface area contributed by atoms with Crippen molar-refractivity contribution in [3.05, 3.63) is 29.8 Å². The van der Waals surface area contributed by atoms with Gasteiger partial charge in [0.05, 0.1) is 11.3 Å². The lowest BCUT2D eigenvalue weighted by molar-refractivity contribution is -0.126.